The van der Waals surface area contributed by atoms with Crippen molar-refractivity contribution in [1.82, 2.24) is 15.5 Å². The zero-order chi connectivity index (χ0) is 16.4. The third-order valence-corrected chi connectivity index (χ3v) is 4.53. The van der Waals surface area contributed by atoms with Crippen LogP contribution in [0.15, 0.2) is 0 Å². The largest absolute Gasteiger partial charge is 0.481 e. The van der Waals surface area contributed by atoms with E-state index in [4.69, 9.17) is 5.11 Å². The van der Waals surface area contributed by atoms with Crippen LogP contribution in [-0.4, -0.2) is 54.2 Å². The number of hydrogen-bond acceptors (Lipinski definition) is 3. The fourth-order valence-electron chi connectivity index (χ4n) is 3.20. The lowest BCUT2D eigenvalue weighted by molar-refractivity contribution is -0.137. The molecule has 0 bridgehead atoms. The van der Waals surface area contributed by atoms with Crippen LogP contribution in [0.1, 0.15) is 52.4 Å². The maximum absolute atomic E-state index is 11.8. The molecule has 0 aliphatic carbocycles. The van der Waals surface area contributed by atoms with Crippen LogP contribution >= 0.6 is 0 Å². The molecule has 2 amide bonds. The van der Waals surface area contributed by atoms with Gasteiger partial charge in [-0.15, -0.1) is 0 Å². The summed E-state index contributed by atoms with van der Waals surface area (Å²) in [6.45, 7) is 7.74. The van der Waals surface area contributed by atoms with Gasteiger partial charge in [0.2, 0.25) is 0 Å². The fraction of sp³-hybridized carbons (Fsp3) is 0.875. The highest BCUT2D eigenvalue weighted by Crippen LogP contribution is 2.22. The van der Waals surface area contributed by atoms with Gasteiger partial charge in [-0.2, -0.15) is 0 Å². The van der Waals surface area contributed by atoms with E-state index in [1.807, 2.05) is 0 Å². The Morgan fingerprint density at radius 2 is 1.77 bits per heavy atom. The normalized spacial score (nSPS) is 16.7. The van der Waals surface area contributed by atoms with E-state index in [1.165, 1.54) is 12.8 Å². The predicted molar refractivity (Wildman–Crippen MR) is 86.9 cm³/mol. The van der Waals surface area contributed by atoms with Gasteiger partial charge in [0.05, 0.1) is 0 Å². The number of carbonyl (C=O) groups excluding carboxylic acids is 1. The van der Waals surface area contributed by atoms with Crippen molar-refractivity contribution in [2.75, 3.05) is 26.2 Å². The highest BCUT2D eigenvalue weighted by Gasteiger charge is 2.27. The summed E-state index contributed by atoms with van der Waals surface area (Å²) >= 11 is 0. The minimum Gasteiger partial charge on any atom is -0.481 e. The molecule has 0 aromatic carbocycles. The van der Waals surface area contributed by atoms with Crippen LogP contribution < -0.4 is 10.6 Å². The summed E-state index contributed by atoms with van der Waals surface area (Å²) in [5.41, 5.74) is 0. The van der Waals surface area contributed by atoms with Crippen molar-refractivity contribution in [2.24, 2.45) is 5.92 Å². The van der Waals surface area contributed by atoms with Crippen LogP contribution in [0.4, 0.5) is 4.79 Å². The highest BCUT2D eigenvalue weighted by atomic mass is 16.4. The van der Waals surface area contributed by atoms with Crippen LogP contribution in [0, 0.1) is 5.92 Å². The second kappa shape index (κ2) is 10.4. The molecule has 22 heavy (non-hydrogen) atoms. The Kier molecular flexibility index (Phi) is 8.89. The van der Waals surface area contributed by atoms with Gasteiger partial charge in [0.25, 0.3) is 0 Å². The minimum atomic E-state index is -0.829. The van der Waals surface area contributed by atoms with Gasteiger partial charge in [0, 0.05) is 25.6 Å². The molecular weight excluding hydrogens is 282 g/mol. The van der Waals surface area contributed by atoms with E-state index in [9.17, 15) is 9.59 Å². The average molecular weight is 313 g/mol. The molecule has 1 heterocycles. The van der Waals surface area contributed by atoms with Crippen molar-refractivity contribution in [3.05, 3.63) is 0 Å². The smallest absolute Gasteiger partial charge is 0.314 e. The second-order valence-electron chi connectivity index (χ2n) is 6.02. The average Bonchev–Trinajstić information content (AvgIpc) is 3.01. The van der Waals surface area contributed by atoms with E-state index in [1.54, 1.807) is 0 Å². The lowest BCUT2D eigenvalue weighted by atomic mass is 9.93. The Hall–Kier alpha value is -1.30. The van der Waals surface area contributed by atoms with Crippen LogP contribution in [0.25, 0.3) is 0 Å². The summed E-state index contributed by atoms with van der Waals surface area (Å²) in [6, 6.07) is 0.211. The van der Waals surface area contributed by atoms with Gasteiger partial charge < -0.3 is 15.7 Å². The van der Waals surface area contributed by atoms with Gasteiger partial charge in [-0.1, -0.05) is 26.7 Å². The van der Waals surface area contributed by atoms with Crippen molar-refractivity contribution in [1.29, 1.82) is 0 Å². The standard InChI is InChI=1S/C16H31N3O3/c1-3-13(4-2)14(19-10-5-6-11-19)12-18-16(22)17-9-7-8-15(20)21/h13-14H,3-12H2,1-2H3,(H,20,21)(H2,17,18,22). The molecule has 1 unspecified atom stereocenters. The summed E-state index contributed by atoms with van der Waals surface area (Å²) in [7, 11) is 0. The third kappa shape index (κ3) is 6.64. The SMILES string of the molecule is CCC(CC)C(CNC(=O)NCCCC(=O)O)N1CCCC1. The van der Waals surface area contributed by atoms with Crippen molar-refractivity contribution >= 4 is 12.0 Å². The summed E-state index contributed by atoms with van der Waals surface area (Å²) in [5.74, 6) is -0.226. The molecule has 0 radical (unpaired) electrons. The molecule has 128 valence electrons. The van der Waals surface area contributed by atoms with Crippen molar-refractivity contribution in [2.45, 2.75) is 58.4 Å². The number of urea groups is 1. The molecule has 6 nitrogen and oxygen atoms in total. The maximum Gasteiger partial charge on any atom is 0.314 e. The highest BCUT2D eigenvalue weighted by molar-refractivity contribution is 5.74. The summed E-state index contributed by atoms with van der Waals surface area (Å²) < 4.78 is 0. The molecule has 1 saturated heterocycles. The van der Waals surface area contributed by atoms with Gasteiger partial charge in [0.1, 0.15) is 0 Å². The number of nitrogens with one attached hydrogen (secondary N) is 2. The topological polar surface area (TPSA) is 81.7 Å². The number of hydrogen-bond donors (Lipinski definition) is 3. The molecule has 1 aliphatic rings. The van der Waals surface area contributed by atoms with Crippen molar-refractivity contribution in [3.8, 4) is 0 Å². The third-order valence-electron chi connectivity index (χ3n) is 4.53. The zero-order valence-electron chi connectivity index (χ0n) is 13.9. The molecule has 0 aromatic rings. The van der Waals surface area contributed by atoms with Crippen LogP contribution in [0.5, 0.6) is 0 Å². The Labute approximate surface area is 133 Å². The lowest BCUT2D eigenvalue weighted by Crippen LogP contribution is -2.49. The number of nitrogens with zero attached hydrogens (tertiary/aromatic N) is 1. The van der Waals surface area contributed by atoms with Gasteiger partial charge in [-0.3, -0.25) is 9.69 Å². The number of rotatable bonds is 10. The van der Waals surface area contributed by atoms with Gasteiger partial charge in [0.15, 0.2) is 0 Å². The Morgan fingerprint density at radius 3 is 2.32 bits per heavy atom. The molecule has 1 rings (SSSR count). The first-order valence-electron chi connectivity index (χ1n) is 8.56. The first-order chi connectivity index (χ1) is 10.6. The Balaban J connectivity index is 2.35. The van der Waals surface area contributed by atoms with E-state index >= 15 is 0 Å². The summed E-state index contributed by atoms with van der Waals surface area (Å²) in [6.07, 6.45) is 5.30. The molecule has 3 N–H and O–H groups in total. The quantitative estimate of drug-likeness (QED) is 0.539. The molecule has 6 heteroatoms. The first kappa shape index (κ1) is 18.7. The number of carbonyl (C=O) groups is 2. The van der Waals surface area contributed by atoms with E-state index in [2.05, 4.69) is 29.4 Å². The van der Waals surface area contributed by atoms with Crippen LogP contribution in [0.3, 0.4) is 0 Å². The molecular formula is C16H31N3O3. The fourth-order valence-corrected chi connectivity index (χ4v) is 3.20. The molecule has 0 aromatic heterocycles. The predicted octanol–water partition coefficient (Wildman–Crippen LogP) is 2.05. The van der Waals surface area contributed by atoms with Gasteiger partial charge in [-0.25, -0.2) is 4.79 Å². The molecule has 1 atom stereocenters. The number of aliphatic carboxylic acids is 1. The number of carboxylic acid groups (broad SMARTS) is 1. The molecule has 1 aliphatic heterocycles. The number of likely N-dealkylation sites (tertiary alicyclic amines) is 1. The van der Waals surface area contributed by atoms with Crippen molar-refractivity contribution < 1.29 is 14.7 Å². The number of amides is 2. The van der Waals surface area contributed by atoms with Crippen LogP contribution in [-0.2, 0) is 4.79 Å². The summed E-state index contributed by atoms with van der Waals surface area (Å²) in [4.78, 5) is 24.7. The Morgan fingerprint density at radius 1 is 1.14 bits per heavy atom. The second-order valence-corrected chi connectivity index (χ2v) is 6.02. The van der Waals surface area contributed by atoms with Crippen molar-refractivity contribution in [3.63, 3.8) is 0 Å². The molecule has 0 saturated carbocycles. The molecule has 0 spiro atoms. The van der Waals surface area contributed by atoms with E-state index < -0.39 is 5.97 Å². The summed E-state index contributed by atoms with van der Waals surface area (Å²) in [5, 5.41) is 14.2. The molecule has 1 fully saturated rings. The maximum atomic E-state index is 11.8. The zero-order valence-corrected chi connectivity index (χ0v) is 13.9. The minimum absolute atomic E-state index is 0.0877. The van der Waals surface area contributed by atoms with E-state index in [-0.39, 0.29) is 12.5 Å². The Bertz CT molecular complexity index is 338. The first-order valence-corrected chi connectivity index (χ1v) is 8.56. The lowest BCUT2D eigenvalue weighted by Gasteiger charge is -2.33. The number of carboxylic acids is 1. The van der Waals surface area contributed by atoms with E-state index in [0.717, 1.165) is 25.9 Å². The van der Waals surface area contributed by atoms with Crippen LogP contribution in [0.2, 0.25) is 0 Å². The van der Waals surface area contributed by atoms with Gasteiger partial charge >= 0.3 is 12.0 Å². The van der Waals surface area contributed by atoms with E-state index in [0.29, 0.717) is 31.5 Å². The van der Waals surface area contributed by atoms with Gasteiger partial charge in [-0.05, 0) is 38.3 Å². The monoisotopic (exact) mass is 313 g/mol.